The number of rotatable bonds is 4. The maximum Gasteiger partial charge on any atom is 0.275 e. The fourth-order valence-corrected chi connectivity index (χ4v) is 4.05. The number of amides is 1. The highest BCUT2D eigenvalue weighted by Gasteiger charge is 2.25. The number of hydrogen-bond donors (Lipinski definition) is 2. The van der Waals surface area contributed by atoms with Crippen LogP contribution in [0.15, 0.2) is 71.5 Å². The highest BCUT2D eigenvalue weighted by Crippen LogP contribution is 2.36. The van der Waals surface area contributed by atoms with E-state index in [1.165, 1.54) is 4.90 Å². The average molecular weight is 404 g/mol. The van der Waals surface area contributed by atoms with Gasteiger partial charge < -0.3 is 20.6 Å². The summed E-state index contributed by atoms with van der Waals surface area (Å²) in [6, 6.07) is 19.3. The standard InChI is InChI=1S/C21H15N3O4S/c22-16-14-11-15(21(27)28)18(25)23-19(14)29-17(16)20(26)24(12-7-3-1-4-8-12)13-9-5-2-6-10-13/h1-11H,22H2,(H,23,25)(H,27,28)/p-1. The number of nitrogens with one attached hydrogen (secondary N) is 1. The van der Waals surface area contributed by atoms with Crippen molar-refractivity contribution < 1.29 is 14.7 Å². The van der Waals surface area contributed by atoms with Gasteiger partial charge in [0, 0.05) is 16.8 Å². The number of anilines is 3. The van der Waals surface area contributed by atoms with Crippen molar-refractivity contribution in [3.8, 4) is 0 Å². The highest BCUT2D eigenvalue weighted by atomic mass is 32.1. The first-order chi connectivity index (χ1) is 14.0. The number of fused-ring (bicyclic) bond motifs is 1. The minimum atomic E-state index is -1.61. The maximum atomic E-state index is 13.5. The molecule has 0 radical (unpaired) electrons. The lowest BCUT2D eigenvalue weighted by atomic mass is 10.2. The van der Waals surface area contributed by atoms with Crippen molar-refractivity contribution in [3.05, 3.63) is 87.5 Å². The molecule has 4 rings (SSSR count). The summed E-state index contributed by atoms with van der Waals surface area (Å²) in [5.74, 6) is -2.00. The molecular formula is C21H14N3O4S-. The van der Waals surface area contributed by atoms with Gasteiger partial charge in [-0.05, 0) is 30.3 Å². The Morgan fingerprint density at radius 2 is 1.52 bits per heavy atom. The molecule has 7 nitrogen and oxygen atoms in total. The van der Waals surface area contributed by atoms with E-state index in [1.54, 1.807) is 24.3 Å². The molecule has 144 valence electrons. The SMILES string of the molecule is Nc1c(C(=O)N(c2ccccc2)c2ccccc2)sc2[nH]c(=O)c(C(=O)[O-])cc12. The van der Waals surface area contributed by atoms with Crippen LogP contribution in [-0.4, -0.2) is 16.9 Å². The molecule has 2 aromatic carbocycles. The zero-order valence-corrected chi connectivity index (χ0v) is 15.7. The van der Waals surface area contributed by atoms with Crippen molar-refractivity contribution in [1.82, 2.24) is 4.98 Å². The second-order valence-corrected chi connectivity index (χ2v) is 7.22. The van der Waals surface area contributed by atoms with E-state index >= 15 is 0 Å². The summed E-state index contributed by atoms with van der Waals surface area (Å²) < 4.78 is 0. The Kier molecular flexibility index (Phi) is 4.61. The molecule has 0 atom stereocenters. The van der Waals surface area contributed by atoms with Gasteiger partial charge in [0.15, 0.2) is 0 Å². The van der Waals surface area contributed by atoms with E-state index in [2.05, 4.69) is 4.98 Å². The van der Waals surface area contributed by atoms with E-state index in [0.29, 0.717) is 21.6 Å². The molecule has 2 aromatic heterocycles. The molecule has 0 bridgehead atoms. The topological polar surface area (TPSA) is 119 Å². The van der Waals surface area contributed by atoms with Crippen LogP contribution >= 0.6 is 11.3 Å². The number of carboxylic acids is 1. The van der Waals surface area contributed by atoms with E-state index in [4.69, 9.17) is 5.73 Å². The predicted molar refractivity (Wildman–Crippen MR) is 111 cm³/mol. The number of aromatic carboxylic acids is 1. The monoisotopic (exact) mass is 404 g/mol. The Bertz CT molecular complexity index is 1240. The number of pyridine rings is 1. The third kappa shape index (κ3) is 3.26. The fourth-order valence-electron chi connectivity index (χ4n) is 3.02. The van der Waals surface area contributed by atoms with Crippen molar-refractivity contribution in [2.75, 3.05) is 10.6 Å². The second kappa shape index (κ2) is 7.25. The fraction of sp³-hybridized carbons (Fsp3) is 0. The van der Waals surface area contributed by atoms with Gasteiger partial charge in [0.2, 0.25) is 0 Å². The van der Waals surface area contributed by atoms with E-state index in [1.807, 2.05) is 36.4 Å². The summed E-state index contributed by atoms with van der Waals surface area (Å²) in [4.78, 5) is 41.1. The van der Waals surface area contributed by atoms with Crippen LogP contribution in [0.25, 0.3) is 10.2 Å². The van der Waals surface area contributed by atoms with Gasteiger partial charge >= 0.3 is 0 Å². The van der Waals surface area contributed by atoms with E-state index in [-0.39, 0.29) is 10.6 Å². The summed E-state index contributed by atoms with van der Waals surface area (Å²) in [6.07, 6.45) is 0. The van der Waals surface area contributed by atoms with Gasteiger partial charge in [0.05, 0.1) is 17.2 Å². The Hall–Kier alpha value is -3.91. The van der Waals surface area contributed by atoms with Crippen LogP contribution in [0.1, 0.15) is 20.0 Å². The van der Waals surface area contributed by atoms with Crippen LogP contribution in [0.4, 0.5) is 17.1 Å². The first kappa shape index (κ1) is 18.5. The van der Waals surface area contributed by atoms with Gasteiger partial charge in [-0.25, -0.2) is 0 Å². The molecule has 0 fully saturated rings. The number of H-pyrrole nitrogens is 1. The Balaban J connectivity index is 1.89. The molecule has 0 spiro atoms. The average Bonchev–Trinajstić information content (AvgIpc) is 3.04. The Morgan fingerprint density at radius 3 is 2.03 bits per heavy atom. The van der Waals surface area contributed by atoms with E-state index < -0.39 is 23.0 Å². The van der Waals surface area contributed by atoms with Gasteiger partial charge in [-0.15, -0.1) is 11.3 Å². The van der Waals surface area contributed by atoms with Crippen LogP contribution in [-0.2, 0) is 0 Å². The number of hydrogen-bond acceptors (Lipinski definition) is 6. The third-order valence-electron chi connectivity index (χ3n) is 4.39. The first-order valence-corrected chi connectivity index (χ1v) is 9.40. The largest absolute Gasteiger partial charge is 0.545 e. The molecule has 3 N–H and O–H groups in total. The van der Waals surface area contributed by atoms with Crippen LogP contribution in [0.5, 0.6) is 0 Å². The van der Waals surface area contributed by atoms with Crippen molar-refractivity contribution in [3.63, 3.8) is 0 Å². The van der Waals surface area contributed by atoms with Crippen LogP contribution < -0.4 is 21.3 Å². The number of nitrogens with two attached hydrogens (primary N) is 1. The maximum absolute atomic E-state index is 13.5. The zero-order valence-electron chi connectivity index (χ0n) is 14.9. The lowest BCUT2D eigenvalue weighted by Gasteiger charge is -2.22. The quantitative estimate of drug-likeness (QED) is 0.542. The number of nitrogens with zero attached hydrogens (tertiary/aromatic N) is 1. The smallest absolute Gasteiger partial charge is 0.275 e. The molecule has 4 aromatic rings. The first-order valence-electron chi connectivity index (χ1n) is 8.58. The molecule has 0 unspecified atom stereocenters. The van der Waals surface area contributed by atoms with Crippen molar-refractivity contribution in [1.29, 1.82) is 0 Å². The minimum Gasteiger partial charge on any atom is -0.545 e. The number of carbonyl (C=O) groups is 2. The van der Waals surface area contributed by atoms with Gasteiger partial charge in [-0.1, -0.05) is 36.4 Å². The number of aromatic nitrogens is 1. The lowest BCUT2D eigenvalue weighted by molar-refractivity contribution is -0.255. The number of para-hydroxylation sites is 2. The molecule has 0 saturated carbocycles. The van der Waals surface area contributed by atoms with E-state index in [0.717, 1.165) is 17.4 Å². The predicted octanol–water partition coefficient (Wildman–Crippen LogP) is 2.51. The number of carboxylic acid groups (broad SMARTS) is 1. The number of aromatic amines is 1. The Morgan fingerprint density at radius 1 is 0.966 bits per heavy atom. The molecule has 0 saturated heterocycles. The zero-order chi connectivity index (χ0) is 20.5. The van der Waals surface area contributed by atoms with Crippen LogP contribution in [0.2, 0.25) is 0 Å². The highest BCUT2D eigenvalue weighted by molar-refractivity contribution is 7.21. The van der Waals surface area contributed by atoms with Crippen LogP contribution in [0.3, 0.4) is 0 Å². The van der Waals surface area contributed by atoms with Crippen molar-refractivity contribution in [2.24, 2.45) is 0 Å². The number of carbonyl (C=O) groups excluding carboxylic acids is 2. The molecule has 2 heterocycles. The third-order valence-corrected chi connectivity index (χ3v) is 5.51. The minimum absolute atomic E-state index is 0.102. The van der Waals surface area contributed by atoms with Gasteiger partial charge in [0.1, 0.15) is 9.71 Å². The summed E-state index contributed by atoms with van der Waals surface area (Å²) in [5, 5.41) is 11.4. The molecule has 0 aliphatic heterocycles. The number of nitrogen functional groups attached to an aromatic ring is 1. The second-order valence-electron chi connectivity index (χ2n) is 6.20. The van der Waals surface area contributed by atoms with E-state index in [9.17, 15) is 19.5 Å². The summed E-state index contributed by atoms with van der Waals surface area (Å²) in [6.45, 7) is 0. The van der Waals surface area contributed by atoms with Crippen LogP contribution in [0, 0.1) is 0 Å². The van der Waals surface area contributed by atoms with Gasteiger partial charge in [-0.2, -0.15) is 0 Å². The molecule has 0 aliphatic carbocycles. The van der Waals surface area contributed by atoms with Gasteiger partial charge in [-0.3, -0.25) is 14.5 Å². The van der Waals surface area contributed by atoms with Gasteiger partial charge in [0.25, 0.3) is 11.5 Å². The van der Waals surface area contributed by atoms with Crippen molar-refractivity contribution >= 4 is 50.5 Å². The molecule has 1 amide bonds. The summed E-state index contributed by atoms with van der Waals surface area (Å²) in [7, 11) is 0. The lowest BCUT2D eigenvalue weighted by Crippen LogP contribution is -2.29. The summed E-state index contributed by atoms with van der Waals surface area (Å²) >= 11 is 0.999. The molecule has 8 heteroatoms. The number of thiophene rings is 1. The normalized spacial score (nSPS) is 10.8. The Labute approximate surface area is 168 Å². The van der Waals surface area contributed by atoms with Crippen molar-refractivity contribution in [2.45, 2.75) is 0 Å². The molecule has 0 aliphatic rings. The molecule has 29 heavy (non-hydrogen) atoms. The summed E-state index contributed by atoms with van der Waals surface area (Å²) in [5.41, 5.74) is 6.23. The molecular weight excluding hydrogens is 390 g/mol. The number of benzene rings is 2.